The molecule has 0 unspecified atom stereocenters. The van der Waals surface area contributed by atoms with Crippen LogP contribution in [0.3, 0.4) is 0 Å². The molecular weight excluding hydrogens is 288 g/mol. The van der Waals surface area contributed by atoms with E-state index in [2.05, 4.69) is 5.32 Å². The van der Waals surface area contributed by atoms with Gasteiger partial charge in [-0.15, -0.1) is 0 Å². The van der Waals surface area contributed by atoms with Crippen LogP contribution in [-0.2, 0) is 4.79 Å². The molecule has 0 bridgehead atoms. The Morgan fingerprint density at radius 1 is 1.13 bits per heavy atom. The van der Waals surface area contributed by atoms with Gasteiger partial charge in [0.25, 0.3) is 5.91 Å². The first-order chi connectivity index (χ1) is 11.0. The molecule has 2 aromatic carbocycles. The fourth-order valence-corrected chi connectivity index (χ4v) is 2.72. The number of anilines is 2. The highest BCUT2D eigenvalue weighted by Gasteiger charge is 2.25. The Morgan fingerprint density at radius 2 is 1.83 bits per heavy atom. The fraction of sp³-hybridized carbons (Fsp3) is 0.211. The minimum Gasteiger partial charge on any atom is -0.496 e. The molecule has 1 N–H and O–H groups in total. The molecule has 0 fully saturated rings. The molecule has 0 aromatic heterocycles. The Balaban J connectivity index is 2.02. The largest absolute Gasteiger partial charge is 0.496 e. The van der Waals surface area contributed by atoms with Gasteiger partial charge in [0, 0.05) is 36.6 Å². The van der Waals surface area contributed by atoms with Crippen molar-refractivity contribution in [1.29, 1.82) is 0 Å². The Labute approximate surface area is 136 Å². The molecule has 1 heterocycles. The van der Waals surface area contributed by atoms with Crippen molar-refractivity contribution in [2.24, 2.45) is 0 Å². The molecule has 2 aromatic rings. The second kappa shape index (κ2) is 5.80. The summed E-state index contributed by atoms with van der Waals surface area (Å²) in [4.78, 5) is 14.3. The SMILES string of the molecule is COc1cc2c(cc1C)NC(=O)/C2=C/c1ccc(N(C)C)cc1. The molecule has 0 spiro atoms. The van der Waals surface area contributed by atoms with Crippen LogP contribution in [0.5, 0.6) is 5.75 Å². The van der Waals surface area contributed by atoms with E-state index in [1.807, 2.05) is 68.4 Å². The van der Waals surface area contributed by atoms with E-state index >= 15 is 0 Å². The molecule has 0 atom stereocenters. The molecule has 0 saturated heterocycles. The van der Waals surface area contributed by atoms with E-state index in [1.54, 1.807) is 7.11 Å². The second-order valence-corrected chi connectivity index (χ2v) is 5.87. The van der Waals surface area contributed by atoms with Gasteiger partial charge in [-0.05, 0) is 48.4 Å². The quantitative estimate of drug-likeness (QED) is 0.882. The zero-order valence-corrected chi connectivity index (χ0v) is 13.8. The summed E-state index contributed by atoms with van der Waals surface area (Å²) < 4.78 is 5.37. The summed E-state index contributed by atoms with van der Waals surface area (Å²) in [5.41, 5.74) is 5.51. The molecule has 1 amide bonds. The van der Waals surface area contributed by atoms with Gasteiger partial charge in [0.2, 0.25) is 0 Å². The van der Waals surface area contributed by atoms with Gasteiger partial charge in [0.1, 0.15) is 5.75 Å². The third-order valence-electron chi connectivity index (χ3n) is 4.04. The summed E-state index contributed by atoms with van der Waals surface area (Å²) in [5, 5.41) is 2.92. The number of aryl methyl sites for hydroxylation is 1. The number of benzene rings is 2. The van der Waals surface area contributed by atoms with Crippen LogP contribution in [0.15, 0.2) is 36.4 Å². The number of nitrogens with zero attached hydrogens (tertiary/aromatic N) is 1. The Kier molecular flexibility index (Phi) is 3.82. The number of methoxy groups -OCH3 is 1. The summed E-state index contributed by atoms with van der Waals surface area (Å²) in [7, 11) is 5.65. The molecule has 0 saturated carbocycles. The molecule has 4 heteroatoms. The number of nitrogens with one attached hydrogen (secondary N) is 1. The summed E-state index contributed by atoms with van der Waals surface area (Å²) in [6, 6.07) is 12.0. The predicted octanol–water partition coefficient (Wildman–Crippen LogP) is 3.56. The highest BCUT2D eigenvalue weighted by Crippen LogP contribution is 2.37. The first kappa shape index (κ1) is 15.2. The second-order valence-electron chi connectivity index (χ2n) is 5.87. The van der Waals surface area contributed by atoms with E-state index in [-0.39, 0.29) is 5.91 Å². The first-order valence-corrected chi connectivity index (χ1v) is 7.49. The molecule has 118 valence electrons. The molecule has 3 rings (SSSR count). The van der Waals surface area contributed by atoms with E-state index in [1.165, 1.54) is 0 Å². The number of ether oxygens (including phenoxy) is 1. The lowest BCUT2D eigenvalue weighted by atomic mass is 10.0. The van der Waals surface area contributed by atoms with Crippen molar-refractivity contribution in [3.8, 4) is 5.75 Å². The average molecular weight is 308 g/mol. The van der Waals surface area contributed by atoms with E-state index in [0.717, 1.165) is 33.8 Å². The third kappa shape index (κ3) is 2.80. The van der Waals surface area contributed by atoms with Crippen molar-refractivity contribution in [2.75, 3.05) is 31.4 Å². The van der Waals surface area contributed by atoms with Crippen LogP contribution in [0.1, 0.15) is 16.7 Å². The van der Waals surface area contributed by atoms with Gasteiger partial charge in [-0.2, -0.15) is 0 Å². The van der Waals surface area contributed by atoms with Crippen molar-refractivity contribution in [1.82, 2.24) is 0 Å². The van der Waals surface area contributed by atoms with Gasteiger partial charge in [-0.1, -0.05) is 12.1 Å². The van der Waals surface area contributed by atoms with Gasteiger partial charge < -0.3 is 15.0 Å². The Morgan fingerprint density at radius 3 is 2.43 bits per heavy atom. The van der Waals surface area contributed by atoms with Crippen molar-refractivity contribution >= 4 is 28.9 Å². The Bertz CT molecular complexity index is 790. The smallest absolute Gasteiger partial charge is 0.256 e. The summed E-state index contributed by atoms with van der Waals surface area (Å²) >= 11 is 0. The molecule has 0 radical (unpaired) electrons. The van der Waals surface area contributed by atoms with Crippen LogP contribution in [0.4, 0.5) is 11.4 Å². The van der Waals surface area contributed by atoms with Crippen molar-refractivity contribution in [3.63, 3.8) is 0 Å². The highest BCUT2D eigenvalue weighted by molar-refractivity contribution is 6.35. The van der Waals surface area contributed by atoms with Crippen LogP contribution in [0, 0.1) is 6.92 Å². The number of fused-ring (bicyclic) bond motifs is 1. The number of hydrogen-bond acceptors (Lipinski definition) is 3. The third-order valence-corrected chi connectivity index (χ3v) is 4.04. The van der Waals surface area contributed by atoms with Gasteiger partial charge in [-0.25, -0.2) is 0 Å². The average Bonchev–Trinajstić information content (AvgIpc) is 2.82. The van der Waals surface area contributed by atoms with E-state index in [0.29, 0.717) is 5.57 Å². The maximum absolute atomic E-state index is 12.3. The van der Waals surface area contributed by atoms with Gasteiger partial charge in [0.15, 0.2) is 0 Å². The number of amides is 1. The van der Waals surface area contributed by atoms with Crippen LogP contribution in [0.2, 0.25) is 0 Å². The number of rotatable bonds is 3. The zero-order valence-electron chi connectivity index (χ0n) is 13.8. The van der Waals surface area contributed by atoms with E-state index in [4.69, 9.17) is 4.74 Å². The molecule has 0 aliphatic carbocycles. The maximum atomic E-state index is 12.3. The minimum absolute atomic E-state index is 0.0793. The van der Waals surface area contributed by atoms with Crippen molar-refractivity contribution in [3.05, 3.63) is 53.1 Å². The van der Waals surface area contributed by atoms with Gasteiger partial charge in [-0.3, -0.25) is 4.79 Å². The minimum atomic E-state index is -0.0793. The van der Waals surface area contributed by atoms with Crippen molar-refractivity contribution in [2.45, 2.75) is 6.92 Å². The lowest BCUT2D eigenvalue weighted by molar-refractivity contribution is -0.110. The molecule has 1 aliphatic heterocycles. The number of carbonyl (C=O) groups is 1. The van der Waals surface area contributed by atoms with Crippen LogP contribution in [-0.4, -0.2) is 27.1 Å². The zero-order chi connectivity index (χ0) is 16.6. The highest BCUT2D eigenvalue weighted by atomic mass is 16.5. The molecule has 23 heavy (non-hydrogen) atoms. The first-order valence-electron chi connectivity index (χ1n) is 7.49. The topological polar surface area (TPSA) is 41.6 Å². The Hall–Kier alpha value is -2.75. The van der Waals surface area contributed by atoms with Crippen LogP contribution >= 0.6 is 0 Å². The van der Waals surface area contributed by atoms with Crippen LogP contribution in [0.25, 0.3) is 11.6 Å². The molecule has 4 nitrogen and oxygen atoms in total. The molecular formula is C19H20N2O2. The number of carbonyl (C=O) groups excluding carboxylic acids is 1. The van der Waals surface area contributed by atoms with Crippen LogP contribution < -0.4 is 15.0 Å². The predicted molar refractivity (Wildman–Crippen MR) is 95.0 cm³/mol. The van der Waals surface area contributed by atoms with Crippen molar-refractivity contribution < 1.29 is 9.53 Å². The standard InChI is InChI=1S/C19H20N2O2/c1-12-9-17-15(11-18(12)23-4)16(19(22)20-17)10-13-5-7-14(8-6-13)21(2)3/h5-11H,1-4H3,(H,20,22)/b16-10+. The van der Waals surface area contributed by atoms with E-state index in [9.17, 15) is 4.79 Å². The number of hydrogen-bond donors (Lipinski definition) is 1. The van der Waals surface area contributed by atoms with Gasteiger partial charge >= 0.3 is 0 Å². The monoisotopic (exact) mass is 308 g/mol. The molecule has 1 aliphatic rings. The summed E-state index contributed by atoms with van der Waals surface area (Å²) in [6.45, 7) is 1.97. The normalized spacial score (nSPS) is 14.6. The fourth-order valence-electron chi connectivity index (χ4n) is 2.72. The lowest BCUT2D eigenvalue weighted by Crippen LogP contribution is -2.08. The van der Waals surface area contributed by atoms with E-state index < -0.39 is 0 Å². The summed E-state index contributed by atoms with van der Waals surface area (Å²) in [5.74, 6) is 0.707. The maximum Gasteiger partial charge on any atom is 0.256 e. The lowest BCUT2D eigenvalue weighted by Gasteiger charge is -2.12. The van der Waals surface area contributed by atoms with Gasteiger partial charge in [0.05, 0.1) is 7.11 Å². The summed E-state index contributed by atoms with van der Waals surface area (Å²) in [6.07, 6.45) is 1.91.